The van der Waals surface area contributed by atoms with Crippen LogP contribution in [0.3, 0.4) is 0 Å². The average molecular weight is 995 g/mol. The molecular weight excluding hydrogens is 962 g/mol. The van der Waals surface area contributed by atoms with Crippen LogP contribution in [0.5, 0.6) is 17.2 Å². The maximum atomic E-state index is 12.1. The summed E-state index contributed by atoms with van der Waals surface area (Å²) in [6.07, 6.45) is 0. The summed E-state index contributed by atoms with van der Waals surface area (Å²) in [6, 6.07) is 25.7. The zero-order chi connectivity index (χ0) is 46.1. The minimum Gasteiger partial charge on any atom is -0.506 e. The number of aromatic carboxylic acids is 1. The normalized spacial score (nSPS) is 12.9. The number of hydrogen-bond acceptors (Lipinski definition) is 19. The van der Waals surface area contributed by atoms with Crippen LogP contribution >= 0.6 is 21.7 Å². The molecule has 7 rings (SSSR count). The van der Waals surface area contributed by atoms with E-state index in [4.69, 9.17) is 4.74 Å². The molecule has 0 aromatic heterocycles. The number of carbonyl (C=O) groups is 1. The fraction of sp³-hybridized carbons (Fsp3) is 0.0250. The molecule has 11 N–H and O–H groups in total. The molecule has 65 heavy (non-hydrogen) atoms. The van der Waals surface area contributed by atoms with Gasteiger partial charge in [-0.3, -0.25) is 4.55 Å². The molecule has 7 aromatic carbocycles. The van der Waals surface area contributed by atoms with Gasteiger partial charge in [0, 0.05) is 56.7 Å². The van der Waals surface area contributed by atoms with Crippen LogP contribution in [-0.4, -0.2) is 68.7 Å². The van der Waals surface area contributed by atoms with Gasteiger partial charge < -0.3 is 52.7 Å². The number of aromatic hydroxyl groups is 2. The Balaban J connectivity index is 0.00000700. The summed E-state index contributed by atoms with van der Waals surface area (Å²) in [7, 11) is -11.9. The Morgan fingerprint density at radius 2 is 1.17 bits per heavy atom. The number of phenolic OH excluding ortho intramolecular Hbond substituents is 2. The second-order valence-corrected chi connectivity index (χ2v) is 17.9. The quantitative estimate of drug-likeness (QED) is 0.0290. The molecule has 7 aromatic rings. The van der Waals surface area contributed by atoms with Gasteiger partial charge in [-0.05, 0) is 96.4 Å². The Morgan fingerprint density at radius 3 is 1.78 bits per heavy atom. The van der Waals surface area contributed by atoms with Gasteiger partial charge in [0.2, 0.25) is 0 Å². The predicted octanol–water partition coefficient (Wildman–Crippen LogP) is 12.5. The smallest absolute Gasteiger partial charge is 0.335 e. The monoisotopic (exact) mass is 994 g/mol. The van der Waals surface area contributed by atoms with E-state index in [1.807, 2.05) is 0 Å². The van der Waals surface area contributed by atoms with E-state index in [-0.39, 0.29) is 77.9 Å². The molecule has 0 spiro atoms. The number of hydrogen-bond donors (Lipinski definition) is 11. The third kappa shape index (κ3) is 10.9. The number of nitrogens with zero attached hydrogens (tertiary/aromatic N) is 6. The average Bonchev–Trinajstić information content (AvgIpc) is 3.24. The van der Waals surface area contributed by atoms with Crippen LogP contribution in [0.4, 0.5) is 45.5 Å². The number of ether oxygens (including phenoxy) is 1. The number of methoxy groups -OCH3 is 1. The summed E-state index contributed by atoms with van der Waals surface area (Å²) in [6.45, 7) is 0. The summed E-state index contributed by atoms with van der Waals surface area (Å²) >= 11 is 0. The molecule has 25 heteroatoms. The molecule has 0 aliphatic heterocycles. The summed E-state index contributed by atoms with van der Waals surface area (Å²) in [4.78, 5) is 10.0. The maximum Gasteiger partial charge on any atom is 0.335 e. The number of azo groups is 3. The fourth-order valence-corrected chi connectivity index (χ4v) is 7.79. The van der Waals surface area contributed by atoms with E-state index in [9.17, 15) is 60.4 Å². The van der Waals surface area contributed by atoms with Gasteiger partial charge in [0.1, 0.15) is 50.3 Å². The van der Waals surface area contributed by atoms with Crippen molar-refractivity contribution in [2.24, 2.45) is 30.7 Å². The van der Waals surface area contributed by atoms with Crippen molar-refractivity contribution >= 4 is 105 Å². The second kappa shape index (κ2) is 18.9. The molecule has 1 radical (unpaired) electrons. The Bertz CT molecular complexity index is 3180. The number of fused-ring (bicyclic) bond motifs is 2. The molecule has 0 aliphatic rings. The zero-order valence-corrected chi connectivity index (χ0v) is 36.2. The standard InChI is InChI=1S/C40H33N7O14S3.Cu/c1-61-36-20-33(45-47-38-37(64(58,59)60)16-22-4-7-25(17-29(22)39(38)49)41-23-5-2-21(3-6-23)40(50)51)35(48)19-34(36)46-44-32-15-14-31(28-13-12-27(18-30(28)32)63(55,56)57)43-42-24-8-10-26(11-9-24)62(52,53)54;/h2-20,41,48-49,52-54,58-60H,1H3,(H,50,51)(H,55,56,57);. The molecule has 341 valence electrons. The van der Waals surface area contributed by atoms with Crippen LogP contribution < -0.4 is 10.1 Å². The van der Waals surface area contributed by atoms with Crippen molar-refractivity contribution in [2.75, 3.05) is 12.4 Å². The van der Waals surface area contributed by atoms with Crippen LogP contribution in [0.1, 0.15) is 10.4 Å². The van der Waals surface area contributed by atoms with Gasteiger partial charge in [0.15, 0.2) is 5.75 Å². The molecular formula is C40H33CuN7O14S3. The van der Waals surface area contributed by atoms with Crippen LogP contribution in [0.25, 0.3) is 21.5 Å². The van der Waals surface area contributed by atoms with Crippen molar-refractivity contribution in [3.8, 4) is 17.2 Å². The summed E-state index contributed by atoms with van der Waals surface area (Å²) in [5.41, 5.74) is 0.687. The van der Waals surface area contributed by atoms with Gasteiger partial charge in [0.25, 0.3) is 10.1 Å². The van der Waals surface area contributed by atoms with Crippen molar-refractivity contribution in [3.63, 3.8) is 0 Å². The van der Waals surface area contributed by atoms with Crippen LogP contribution in [0.2, 0.25) is 0 Å². The number of nitrogens with one attached hydrogen (secondary N) is 1. The van der Waals surface area contributed by atoms with E-state index in [2.05, 4.69) is 36.0 Å². The van der Waals surface area contributed by atoms with Crippen LogP contribution in [0.15, 0.2) is 161 Å². The molecule has 0 amide bonds. The van der Waals surface area contributed by atoms with E-state index in [1.54, 1.807) is 6.07 Å². The number of phenols is 2. The molecule has 0 unspecified atom stereocenters. The summed E-state index contributed by atoms with van der Waals surface area (Å²) < 4.78 is 98.6. The van der Waals surface area contributed by atoms with E-state index in [0.717, 1.165) is 18.2 Å². The molecule has 0 saturated heterocycles. The van der Waals surface area contributed by atoms with Crippen molar-refractivity contribution in [3.05, 3.63) is 121 Å². The first-order valence-electron chi connectivity index (χ1n) is 17.9. The fourth-order valence-electron chi connectivity index (χ4n) is 6.10. The van der Waals surface area contributed by atoms with Gasteiger partial charge in [-0.25, -0.2) is 4.79 Å². The van der Waals surface area contributed by atoms with Crippen LogP contribution in [-0.2, 0) is 27.2 Å². The Hall–Kier alpha value is -6.58. The number of carboxylic acid groups (broad SMARTS) is 1. The predicted molar refractivity (Wildman–Crippen MR) is 237 cm³/mol. The van der Waals surface area contributed by atoms with Crippen molar-refractivity contribution in [1.82, 2.24) is 0 Å². The van der Waals surface area contributed by atoms with Crippen molar-refractivity contribution in [1.29, 1.82) is 0 Å². The molecule has 0 heterocycles. The maximum absolute atomic E-state index is 12.1. The van der Waals surface area contributed by atoms with Gasteiger partial charge in [-0.1, -0.05) is 12.1 Å². The van der Waals surface area contributed by atoms with Crippen LogP contribution in [0, 0.1) is 0 Å². The van der Waals surface area contributed by atoms with E-state index in [1.165, 1.54) is 98.1 Å². The Morgan fingerprint density at radius 1 is 0.569 bits per heavy atom. The number of rotatable bonds is 13. The third-order valence-corrected chi connectivity index (χ3v) is 11.9. The topological polar surface area (TPSA) is 349 Å². The zero-order valence-electron chi connectivity index (χ0n) is 32.8. The first kappa shape index (κ1) is 47.9. The number of anilines is 2. The number of benzene rings is 7. The Kier molecular flexibility index (Phi) is 13.9. The molecule has 0 aliphatic carbocycles. The summed E-state index contributed by atoms with van der Waals surface area (Å²) in [5, 5.41) is 60.2. The molecule has 21 nitrogen and oxygen atoms in total. The summed E-state index contributed by atoms with van der Waals surface area (Å²) in [5.74, 6) is -2.31. The minimum absolute atomic E-state index is 0. The van der Waals surface area contributed by atoms with E-state index in [0.29, 0.717) is 16.8 Å². The molecule has 0 saturated carbocycles. The molecule has 0 fully saturated rings. The first-order chi connectivity index (χ1) is 30.2. The third-order valence-electron chi connectivity index (χ3n) is 9.23. The first-order valence-corrected chi connectivity index (χ1v) is 22.4. The van der Waals surface area contributed by atoms with Crippen molar-refractivity contribution in [2.45, 2.75) is 14.7 Å². The van der Waals surface area contributed by atoms with E-state index >= 15 is 0 Å². The molecule has 0 bridgehead atoms. The van der Waals surface area contributed by atoms with Gasteiger partial charge >= 0.3 is 5.97 Å². The minimum atomic E-state index is -4.68. The Labute approximate surface area is 381 Å². The van der Waals surface area contributed by atoms with Gasteiger partial charge in [-0.15, -0.1) is 25.6 Å². The number of carboxylic acids is 1. The largest absolute Gasteiger partial charge is 0.506 e. The SMILES string of the molecule is COc1cc(N=Nc2c(S(O)(O)O)cc3ccc(Nc4ccc(C(=O)O)cc4)cc3c2O)c(O)cc1N=Nc1ccc(N=Nc2ccc(S(O)(O)O)cc2)c2ccc(S(=O)(=O)O)cc12.[Cu]. The van der Waals surface area contributed by atoms with E-state index < -0.39 is 64.8 Å². The van der Waals surface area contributed by atoms with Crippen molar-refractivity contribution < 1.29 is 82.2 Å². The second-order valence-electron chi connectivity index (χ2n) is 13.4. The molecule has 0 atom stereocenters. The van der Waals surface area contributed by atoms with Gasteiger partial charge in [-0.2, -0.15) is 13.5 Å². The van der Waals surface area contributed by atoms with Gasteiger partial charge in [0.05, 0.1) is 44.4 Å².